The third kappa shape index (κ3) is 4.10. The Morgan fingerprint density at radius 2 is 1.87 bits per heavy atom. The first-order chi connectivity index (χ1) is 11.2. The minimum Gasteiger partial charge on any atom is -0.483 e. The van der Waals surface area contributed by atoms with Gasteiger partial charge in [0.05, 0.1) is 0 Å². The van der Waals surface area contributed by atoms with E-state index in [2.05, 4.69) is 0 Å². The number of benzene rings is 2. The lowest BCUT2D eigenvalue weighted by Crippen LogP contribution is -2.37. The number of carboxylic acid groups (broad SMARTS) is 1. The second-order valence-electron chi connectivity index (χ2n) is 4.97. The minimum atomic E-state index is -0.250. The van der Waals surface area contributed by atoms with Gasteiger partial charge in [0.1, 0.15) is 11.5 Å². The molecule has 0 radical (unpaired) electrons. The maximum absolute atomic E-state index is 12.2. The number of nitrogens with zero attached hydrogens (tertiary/aromatic N) is 1. The van der Waals surface area contributed by atoms with Crippen LogP contribution in [0.2, 0.25) is 0 Å². The van der Waals surface area contributed by atoms with Crippen LogP contribution in [0.4, 0.5) is 0 Å². The monoisotopic (exact) mass is 313 g/mol. The molecule has 5 heteroatoms. The number of amides is 1. The fourth-order valence-electron chi connectivity index (χ4n) is 2.50. The number of carbonyl (C=O) groups excluding carboxylic acids is 1. The smallest absolute Gasteiger partial charge is 0.290 e. The van der Waals surface area contributed by atoms with Gasteiger partial charge in [0.15, 0.2) is 0 Å². The second-order valence-corrected chi connectivity index (χ2v) is 4.97. The number of rotatable bonds is 3. The van der Waals surface area contributed by atoms with Gasteiger partial charge in [0.25, 0.3) is 12.4 Å². The number of fused-ring (bicyclic) bond motifs is 1. The molecular formula is C18H19NO4. The van der Waals surface area contributed by atoms with Gasteiger partial charge >= 0.3 is 0 Å². The zero-order chi connectivity index (χ0) is 16.7. The highest BCUT2D eigenvalue weighted by Gasteiger charge is 2.23. The number of likely N-dealkylation sites (N-methyl/N-ethyl adjacent to an activating group) is 1. The standard InChI is InChI=1S/C17H17NO2.CH2O2/c1-2-18-11-10-13-12-15(8-9-16(13)17(18)19)20-14-6-4-3-5-7-14;2-1-3/h3-9,12H,2,10-11H2,1H3;1H,(H,2,3). The fourth-order valence-corrected chi connectivity index (χ4v) is 2.50. The number of hydrogen-bond donors (Lipinski definition) is 1. The second kappa shape index (κ2) is 7.98. The Kier molecular flexibility index (Phi) is 5.74. The molecule has 1 N–H and O–H groups in total. The summed E-state index contributed by atoms with van der Waals surface area (Å²) in [5.41, 5.74) is 1.88. The first-order valence-electron chi connectivity index (χ1n) is 7.42. The van der Waals surface area contributed by atoms with Gasteiger partial charge in [0, 0.05) is 18.7 Å². The fraction of sp³-hybridized carbons (Fsp3) is 0.222. The van der Waals surface area contributed by atoms with Crippen LogP contribution in [0, 0.1) is 0 Å². The van der Waals surface area contributed by atoms with E-state index in [0.717, 1.165) is 42.1 Å². The molecule has 0 bridgehead atoms. The predicted molar refractivity (Wildman–Crippen MR) is 86.9 cm³/mol. The zero-order valence-electron chi connectivity index (χ0n) is 12.9. The average molecular weight is 313 g/mol. The average Bonchev–Trinajstić information content (AvgIpc) is 2.57. The lowest BCUT2D eigenvalue weighted by Gasteiger charge is -2.27. The van der Waals surface area contributed by atoms with Crippen molar-refractivity contribution in [1.82, 2.24) is 4.90 Å². The highest BCUT2D eigenvalue weighted by Crippen LogP contribution is 2.27. The molecule has 1 heterocycles. The molecule has 1 amide bonds. The van der Waals surface area contributed by atoms with Crippen molar-refractivity contribution in [3.63, 3.8) is 0 Å². The molecule has 0 atom stereocenters. The Hall–Kier alpha value is -2.82. The SMILES string of the molecule is CCN1CCc2cc(Oc3ccccc3)ccc2C1=O.O=CO. The van der Waals surface area contributed by atoms with Crippen LogP contribution in [0.5, 0.6) is 11.5 Å². The summed E-state index contributed by atoms with van der Waals surface area (Å²) < 4.78 is 5.81. The summed E-state index contributed by atoms with van der Waals surface area (Å²) >= 11 is 0. The van der Waals surface area contributed by atoms with Crippen molar-refractivity contribution in [2.45, 2.75) is 13.3 Å². The van der Waals surface area contributed by atoms with E-state index in [9.17, 15) is 4.79 Å². The van der Waals surface area contributed by atoms with E-state index < -0.39 is 0 Å². The Morgan fingerprint density at radius 3 is 2.52 bits per heavy atom. The third-order valence-corrected chi connectivity index (χ3v) is 3.61. The normalized spacial score (nSPS) is 12.7. The zero-order valence-corrected chi connectivity index (χ0v) is 12.9. The molecule has 5 nitrogen and oxygen atoms in total. The molecule has 0 spiro atoms. The summed E-state index contributed by atoms with van der Waals surface area (Å²) in [7, 11) is 0. The molecule has 1 aliphatic rings. The predicted octanol–water partition coefficient (Wildman–Crippen LogP) is 3.20. The first kappa shape index (κ1) is 16.5. The lowest BCUT2D eigenvalue weighted by molar-refractivity contribution is -0.122. The van der Waals surface area contributed by atoms with Gasteiger partial charge in [-0.05, 0) is 49.2 Å². The summed E-state index contributed by atoms with van der Waals surface area (Å²) in [6.07, 6.45) is 0.890. The van der Waals surface area contributed by atoms with Crippen LogP contribution < -0.4 is 4.74 Å². The lowest BCUT2D eigenvalue weighted by atomic mass is 9.99. The largest absolute Gasteiger partial charge is 0.483 e. The summed E-state index contributed by atoms with van der Waals surface area (Å²) in [6.45, 7) is 3.31. The molecule has 120 valence electrons. The van der Waals surface area contributed by atoms with E-state index >= 15 is 0 Å². The van der Waals surface area contributed by atoms with E-state index in [0.29, 0.717) is 0 Å². The van der Waals surface area contributed by atoms with Gasteiger partial charge in [-0.15, -0.1) is 0 Å². The topological polar surface area (TPSA) is 66.8 Å². The van der Waals surface area contributed by atoms with Crippen LogP contribution in [0.15, 0.2) is 48.5 Å². The molecule has 0 fully saturated rings. The Balaban J connectivity index is 0.000000595. The van der Waals surface area contributed by atoms with Crippen molar-refractivity contribution in [2.75, 3.05) is 13.1 Å². The van der Waals surface area contributed by atoms with Crippen molar-refractivity contribution in [3.8, 4) is 11.5 Å². The number of hydrogen-bond acceptors (Lipinski definition) is 3. The Bertz CT molecular complexity index is 670. The van der Waals surface area contributed by atoms with Crippen LogP contribution in [0.3, 0.4) is 0 Å². The van der Waals surface area contributed by atoms with Gasteiger partial charge < -0.3 is 14.7 Å². The molecule has 0 unspecified atom stereocenters. The highest BCUT2D eigenvalue weighted by molar-refractivity contribution is 5.96. The maximum Gasteiger partial charge on any atom is 0.290 e. The van der Waals surface area contributed by atoms with E-state index in [4.69, 9.17) is 14.6 Å². The van der Waals surface area contributed by atoms with Crippen molar-refractivity contribution in [1.29, 1.82) is 0 Å². The van der Waals surface area contributed by atoms with Gasteiger partial charge in [0.2, 0.25) is 0 Å². The Labute approximate surface area is 135 Å². The van der Waals surface area contributed by atoms with Crippen LogP contribution in [0.25, 0.3) is 0 Å². The Morgan fingerprint density at radius 1 is 1.17 bits per heavy atom. The van der Waals surface area contributed by atoms with Crippen molar-refractivity contribution < 1.29 is 19.4 Å². The summed E-state index contributed by atoms with van der Waals surface area (Å²) in [5, 5.41) is 6.89. The molecule has 1 aliphatic heterocycles. The quantitative estimate of drug-likeness (QED) is 0.884. The molecule has 2 aromatic carbocycles. The van der Waals surface area contributed by atoms with Crippen molar-refractivity contribution in [3.05, 3.63) is 59.7 Å². The van der Waals surface area contributed by atoms with Gasteiger partial charge in [-0.2, -0.15) is 0 Å². The number of para-hydroxylation sites is 1. The third-order valence-electron chi connectivity index (χ3n) is 3.61. The summed E-state index contributed by atoms with van der Waals surface area (Å²) in [4.78, 5) is 22.4. The van der Waals surface area contributed by atoms with Crippen LogP contribution in [0.1, 0.15) is 22.8 Å². The van der Waals surface area contributed by atoms with E-state index in [1.807, 2.05) is 60.4 Å². The molecule has 2 aromatic rings. The van der Waals surface area contributed by atoms with Crippen LogP contribution >= 0.6 is 0 Å². The molecular weight excluding hydrogens is 294 g/mol. The van der Waals surface area contributed by atoms with Gasteiger partial charge in [-0.1, -0.05) is 18.2 Å². The molecule has 23 heavy (non-hydrogen) atoms. The summed E-state index contributed by atoms with van der Waals surface area (Å²) in [6, 6.07) is 15.4. The van der Waals surface area contributed by atoms with Crippen molar-refractivity contribution >= 4 is 12.4 Å². The molecule has 0 aromatic heterocycles. The minimum absolute atomic E-state index is 0.125. The number of carbonyl (C=O) groups is 2. The molecule has 0 saturated heterocycles. The molecule has 3 rings (SSSR count). The van der Waals surface area contributed by atoms with Crippen LogP contribution in [-0.4, -0.2) is 35.5 Å². The van der Waals surface area contributed by atoms with E-state index in [1.54, 1.807) is 0 Å². The number of ether oxygens (including phenoxy) is 1. The van der Waals surface area contributed by atoms with Gasteiger partial charge in [-0.25, -0.2) is 0 Å². The van der Waals surface area contributed by atoms with E-state index in [-0.39, 0.29) is 12.4 Å². The van der Waals surface area contributed by atoms with E-state index in [1.165, 1.54) is 0 Å². The first-order valence-corrected chi connectivity index (χ1v) is 7.42. The maximum atomic E-state index is 12.2. The molecule has 0 saturated carbocycles. The highest BCUT2D eigenvalue weighted by atomic mass is 16.5. The van der Waals surface area contributed by atoms with Crippen molar-refractivity contribution in [2.24, 2.45) is 0 Å². The summed E-state index contributed by atoms with van der Waals surface area (Å²) in [5.74, 6) is 1.72. The van der Waals surface area contributed by atoms with Gasteiger partial charge in [-0.3, -0.25) is 9.59 Å². The molecule has 0 aliphatic carbocycles. The van der Waals surface area contributed by atoms with Crippen LogP contribution in [-0.2, 0) is 11.2 Å².